The molecule has 1 saturated heterocycles. The maximum absolute atomic E-state index is 12.1. The van der Waals surface area contributed by atoms with Crippen LogP contribution >= 0.6 is 15.9 Å². The van der Waals surface area contributed by atoms with Gasteiger partial charge in [0.05, 0.1) is 6.54 Å². The van der Waals surface area contributed by atoms with Crippen LogP contribution in [-0.4, -0.2) is 60.0 Å². The van der Waals surface area contributed by atoms with Crippen molar-refractivity contribution in [3.8, 4) is 0 Å². The molecule has 2 rings (SSSR count). The molecule has 170 valence electrons. The first-order valence-electron chi connectivity index (χ1n) is 9.43. The van der Waals surface area contributed by atoms with Gasteiger partial charge in [0.2, 0.25) is 0 Å². The number of nitrogens with one attached hydrogen (secondary N) is 1. The maximum atomic E-state index is 12.1. The van der Waals surface area contributed by atoms with E-state index in [1.165, 1.54) is 20.8 Å². The van der Waals surface area contributed by atoms with E-state index < -0.39 is 53.4 Å². The molecule has 1 aromatic rings. The monoisotopic (exact) mass is 501 g/mol. The Morgan fingerprint density at radius 2 is 1.45 bits per heavy atom. The minimum absolute atomic E-state index is 0.0667. The molecule has 5 atom stereocenters. The third kappa shape index (κ3) is 7.83. The van der Waals surface area contributed by atoms with Gasteiger partial charge in [-0.3, -0.25) is 14.4 Å². The smallest absolute Gasteiger partial charge is 0.407 e. The van der Waals surface area contributed by atoms with Crippen molar-refractivity contribution >= 4 is 39.9 Å². The first-order valence-corrected chi connectivity index (χ1v) is 10.3. The summed E-state index contributed by atoms with van der Waals surface area (Å²) in [6, 6.07) is 9.10. The summed E-state index contributed by atoms with van der Waals surface area (Å²) < 4.78 is 26.7. The van der Waals surface area contributed by atoms with Gasteiger partial charge in [0.15, 0.2) is 23.3 Å². The number of rotatable bonds is 7. The van der Waals surface area contributed by atoms with Crippen LogP contribution in [0, 0.1) is 0 Å². The molecule has 0 bridgehead atoms. The largest absolute Gasteiger partial charge is 0.456 e. The second-order valence-electron chi connectivity index (χ2n) is 6.69. The Hall–Kier alpha value is -2.66. The zero-order chi connectivity index (χ0) is 23.0. The van der Waals surface area contributed by atoms with Crippen molar-refractivity contribution in [3.05, 3.63) is 35.9 Å². The van der Waals surface area contributed by atoms with Crippen LogP contribution in [0.5, 0.6) is 0 Å². The highest BCUT2D eigenvalue weighted by Crippen LogP contribution is 2.31. The van der Waals surface area contributed by atoms with Gasteiger partial charge in [-0.15, -0.1) is 0 Å². The van der Waals surface area contributed by atoms with Gasteiger partial charge in [-0.1, -0.05) is 46.3 Å². The van der Waals surface area contributed by atoms with E-state index in [0.29, 0.717) is 0 Å². The Kier molecular flexibility index (Phi) is 9.25. The van der Waals surface area contributed by atoms with E-state index >= 15 is 0 Å². The van der Waals surface area contributed by atoms with E-state index in [2.05, 4.69) is 21.2 Å². The van der Waals surface area contributed by atoms with Crippen molar-refractivity contribution in [1.82, 2.24) is 5.32 Å². The highest BCUT2D eigenvalue weighted by atomic mass is 79.9. The Labute approximate surface area is 187 Å². The van der Waals surface area contributed by atoms with E-state index in [4.69, 9.17) is 23.7 Å². The van der Waals surface area contributed by atoms with Crippen molar-refractivity contribution in [1.29, 1.82) is 0 Å². The number of hydrogen-bond acceptors (Lipinski definition) is 9. The van der Waals surface area contributed by atoms with Crippen molar-refractivity contribution in [2.75, 3.05) is 6.54 Å². The van der Waals surface area contributed by atoms with Crippen LogP contribution in [0.3, 0.4) is 0 Å². The van der Waals surface area contributed by atoms with Gasteiger partial charge < -0.3 is 29.0 Å². The first-order chi connectivity index (χ1) is 14.7. The van der Waals surface area contributed by atoms with Gasteiger partial charge in [0, 0.05) is 20.8 Å². The number of alkyl halides is 1. The highest BCUT2D eigenvalue weighted by molar-refractivity contribution is 9.09. The minimum atomic E-state index is -1.16. The van der Waals surface area contributed by atoms with Crippen molar-refractivity contribution < 1.29 is 42.9 Å². The zero-order valence-corrected chi connectivity index (χ0v) is 18.8. The number of ether oxygens (including phenoxy) is 5. The molecular formula is C20H24BrNO9. The van der Waals surface area contributed by atoms with Gasteiger partial charge in [-0.25, -0.2) is 4.79 Å². The first kappa shape index (κ1) is 24.6. The summed E-state index contributed by atoms with van der Waals surface area (Å²) in [6.45, 7) is 3.46. The lowest BCUT2D eigenvalue weighted by Crippen LogP contribution is -2.62. The predicted octanol–water partition coefficient (Wildman–Crippen LogP) is 1.83. The summed E-state index contributed by atoms with van der Waals surface area (Å²) in [5.41, 5.74) is 0.809. The van der Waals surface area contributed by atoms with Crippen molar-refractivity contribution in [2.24, 2.45) is 0 Å². The molecule has 31 heavy (non-hydrogen) atoms. The summed E-state index contributed by atoms with van der Waals surface area (Å²) in [7, 11) is 0. The van der Waals surface area contributed by atoms with Crippen molar-refractivity contribution in [3.63, 3.8) is 0 Å². The molecule has 0 radical (unpaired) electrons. The van der Waals surface area contributed by atoms with Crippen LogP contribution in [0.4, 0.5) is 4.79 Å². The fraction of sp³-hybridized carbons (Fsp3) is 0.500. The second kappa shape index (κ2) is 11.7. The van der Waals surface area contributed by atoms with Gasteiger partial charge in [0.1, 0.15) is 12.7 Å². The molecular weight excluding hydrogens is 478 g/mol. The van der Waals surface area contributed by atoms with E-state index in [-0.39, 0.29) is 13.2 Å². The third-order valence-electron chi connectivity index (χ3n) is 4.14. The molecule has 10 nitrogen and oxygen atoms in total. The predicted molar refractivity (Wildman–Crippen MR) is 109 cm³/mol. The fourth-order valence-electron chi connectivity index (χ4n) is 2.96. The Morgan fingerprint density at radius 3 is 2.03 bits per heavy atom. The lowest BCUT2D eigenvalue weighted by atomic mass is 9.99. The average molecular weight is 502 g/mol. The SMILES string of the molecule is CC(=O)O[C@@H]1[C@@H](OC(C)=O)[C@@H](Br)O[C@H](CNC(=O)OCc2ccccc2)[C@H]1OC(C)=O. The highest BCUT2D eigenvalue weighted by Gasteiger charge is 2.51. The summed E-state index contributed by atoms with van der Waals surface area (Å²) in [6.07, 6.45) is -5.02. The summed E-state index contributed by atoms with van der Waals surface area (Å²) in [4.78, 5) is 46.8. The summed E-state index contributed by atoms with van der Waals surface area (Å²) >= 11 is 3.24. The number of halogens is 1. The van der Waals surface area contributed by atoms with Gasteiger partial charge in [0.25, 0.3) is 0 Å². The number of benzene rings is 1. The quantitative estimate of drug-likeness (QED) is 0.338. The van der Waals surface area contributed by atoms with Gasteiger partial charge >= 0.3 is 24.0 Å². The Balaban J connectivity index is 2.08. The number of alkyl carbamates (subject to hydrolysis) is 1. The maximum Gasteiger partial charge on any atom is 0.407 e. The number of carbonyl (C=O) groups excluding carboxylic acids is 4. The van der Waals surface area contributed by atoms with E-state index in [1.54, 1.807) is 0 Å². The zero-order valence-electron chi connectivity index (χ0n) is 17.2. The molecule has 0 aromatic heterocycles. The van der Waals surface area contributed by atoms with E-state index in [9.17, 15) is 19.2 Å². The summed E-state index contributed by atoms with van der Waals surface area (Å²) in [5, 5.41) is 1.64. The number of carbonyl (C=O) groups is 4. The van der Waals surface area contributed by atoms with Gasteiger partial charge in [-0.2, -0.15) is 0 Å². The molecule has 1 aromatic carbocycles. The third-order valence-corrected chi connectivity index (χ3v) is 4.88. The van der Waals surface area contributed by atoms with Crippen LogP contribution in [0.25, 0.3) is 0 Å². The molecule has 0 unspecified atom stereocenters. The van der Waals surface area contributed by atoms with Crippen LogP contribution in [-0.2, 0) is 44.7 Å². The topological polar surface area (TPSA) is 126 Å². The molecule has 1 aliphatic heterocycles. The fourth-order valence-corrected chi connectivity index (χ4v) is 3.65. The Morgan fingerprint density at radius 1 is 0.903 bits per heavy atom. The average Bonchev–Trinajstić information content (AvgIpc) is 2.69. The van der Waals surface area contributed by atoms with Crippen LogP contribution in [0.15, 0.2) is 30.3 Å². The van der Waals surface area contributed by atoms with E-state index in [0.717, 1.165) is 5.56 Å². The second-order valence-corrected chi connectivity index (χ2v) is 7.59. The molecule has 0 aliphatic carbocycles. The molecule has 0 spiro atoms. The molecule has 11 heteroatoms. The van der Waals surface area contributed by atoms with Crippen LogP contribution < -0.4 is 5.32 Å². The summed E-state index contributed by atoms with van der Waals surface area (Å²) in [5.74, 6) is -1.98. The Bertz CT molecular complexity index is 788. The van der Waals surface area contributed by atoms with Crippen LogP contribution in [0.2, 0.25) is 0 Å². The van der Waals surface area contributed by atoms with Gasteiger partial charge in [-0.05, 0) is 5.56 Å². The molecule has 1 N–H and O–H groups in total. The molecule has 1 aliphatic rings. The number of hydrogen-bond donors (Lipinski definition) is 1. The number of esters is 3. The normalized spacial score (nSPS) is 25.1. The lowest BCUT2D eigenvalue weighted by molar-refractivity contribution is -0.229. The number of amides is 1. The van der Waals surface area contributed by atoms with Crippen molar-refractivity contribution in [2.45, 2.75) is 56.8 Å². The standard InChI is InChI=1S/C20H24BrNO9/c1-11(23)28-16-15(9-22-20(26)27-10-14-7-5-4-6-8-14)31-19(21)18(30-13(3)25)17(16)29-12(2)24/h4-8,15-19H,9-10H2,1-3H3,(H,22,26)/t15-,16-,17+,18-,19+/m1/s1. The van der Waals surface area contributed by atoms with Crippen LogP contribution in [0.1, 0.15) is 26.3 Å². The van der Waals surface area contributed by atoms with E-state index in [1.807, 2.05) is 30.3 Å². The molecule has 0 saturated carbocycles. The molecule has 1 fully saturated rings. The minimum Gasteiger partial charge on any atom is -0.456 e. The molecule has 1 heterocycles. The molecule has 1 amide bonds. The lowest BCUT2D eigenvalue weighted by Gasteiger charge is -2.43.